The molecule has 0 fully saturated rings. The number of oxazole rings is 1. The summed E-state index contributed by atoms with van der Waals surface area (Å²) < 4.78 is 6.80. The van der Waals surface area contributed by atoms with Gasteiger partial charge < -0.3 is 14.6 Å². The van der Waals surface area contributed by atoms with Gasteiger partial charge in [0.2, 0.25) is 5.91 Å². The number of fused-ring (bicyclic) bond motifs is 1. The molecule has 3 rings (SSSR count). The molecule has 0 aliphatic rings. The smallest absolute Gasteiger partial charge is 0.408 e. The largest absolute Gasteiger partial charge is 0.419 e. The van der Waals surface area contributed by atoms with Crippen molar-refractivity contribution in [3.63, 3.8) is 0 Å². The maximum Gasteiger partial charge on any atom is 0.419 e. The van der Waals surface area contributed by atoms with Crippen LogP contribution in [-0.4, -0.2) is 36.0 Å². The Kier molecular flexibility index (Phi) is 6.08. The SMILES string of the molecule is CN(C)C[C@H](NC(=O)CCCn1c(=O)oc2ccccc21)c1ccccc1. The van der Waals surface area contributed by atoms with Crippen LogP contribution >= 0.6 is 0 Å². The number of hydrogen-bond acceptors (Lipinski definition) is 4. The van der Waals surface area contributed by atoms with E-state index in [2.05, 4.69) is 10.2 Å². The Balaban J connectivity index is 1.59. The summed E-state index contributed by atoms with van der Waals surface area (Å²) in [5.74, 6) is -0.405. The van der Waals surface area contributed by atoms with Gasteiger partial charge >= 0.3 is 5.76 Å². The highest BCUT2D eigenvalue weighted by atomic mass is 16.4. The van der Waals surface area contributed by atoms with Crippen molar-refractivity contribution in [3.05, 3.63) is 70.7 Å². The Morgan fingerprint density at radius 1 is 1.11 bits per heavy atom. The molecule has 1 aromatic heterocycles. The summed E-state index contributed by atoms with van der Waals surface area (Å²) in [6, 6.07) is 17.2. The molecule has 1 atom stereocenters. The van der Waals surface area contributed by atoms with E-state index in [9.17, 15) is 9.59 Å². The predicted octanol–water partition coefficient (Wildman–Crippen LogP) is 2.79. The fourth-order valence-corrected chi connectivity index (χ4v) is 3.17. The molecule has 142 valence electrons. The third-order valence-electron chi connectivity index (χ3n) is 4.44. The average molecular weight is 367 g/mol. The zero-order chi connectivity index (χ0) is 19.2. The van der Waals surface area contributed by atoms with Crippen LogP contribution in [0.1, 0.15) is 24.4 Å². The molecular formula is C21H25N3O3. The molecule has 0 saturated heterocycles. The van der Waals surface area contributed by atoms with Crippen LogP contribution in [0.25, 0.3) is 11.1 Å². The van der Waals surface area contributed by atoms with Gasteiger partial charge in [-0.3, -0.25) is 9.36 Å². The number of nitrogens with one attached hydrogen (secondary N) is 1. The van der Waals surface area contributed by atoms with E-state index in [1.165, 1.54) is 0 Å². The second-order valence-electron chi connectivity index (χ2n) is 6.88. The van der Waals surface area contributed by atoms with Crippen molar-refractivity contribution in [1.29, 1.82) is 0 Å². The van der Waals surface area contributed by atoms with Gasteiger partial charge in [0.15, 0.2) is 5.58 Å². The Morgan fingerprint density at radius 2 is 1.81 bits per heavy atom. The Bertz CT molecular complexity index is 944. The molecule has 2 aromatic carbocycles. The van der Waals surface area contributed by atoms with Crippen molar-refractivity contribution < 1.29 is 9.21 Å². The van der Waals surface area contributed by atoms with Crippen molar-refractivity contribution >= 4 is 17.0 Å². The number of aryl methyl sites for hydroxylation is 1. The molecule has 6 nitrogen and oxygen atoms in total. The number of carbonyl (C=O) groups is 1. The molecule has 6 heteroatoms. The molecule has 0 saturated carbocycles. The van der Waals surface area contributed by atoms with Crippen molar-refractivity contribution in [2.75, 3.05) is 20.6 Å². The van der Waals surface area contributed by atoms with Crippen LogP contribution in [0.5, 0.6) is 0 Å². The lowest BCUT2D eigenvalue weighted by atomic mass is 10.1. The number of nitrogens with zero attached hydrogens (tertiary/aromatic N) is 2. The van der Waals surface area contributed by atoms with Crippen LogP contribution in [0.15, 0.2) is 63.8 Å². The quantitative estimate of drug-likeness (QED) is 0.665. The highest BCUT2D eigenvalue weighted by Crippen LogP contribution is 2.15. The number of rotatable bonds is 8. The van der Waals surface area contributed by atoms with E-state index in [1.807, 2.05) is 62.6 Å². The number of carbonyl (C=O) groups excluding carboxylic acids is 1. The monoisotopic (exact) mass is 367 g/mol. The number of hydrogen-bond donors (Lipinski definition) is 1. The number of para-hydroxylation sites is 2. The van der Waals surface area contributed by atoms with E-state index in [0.717, 1.165) is 17.6 Å². The minimum atomic E-state index is -0.383. The lowest BCUT2D eigenvalue weighted by molar-refractivity contribution is -0.122. The fourth-order valence-electron chi connectivity index (χ4n) is 3.17. The summed E-state index contributed by atoms with van der Waals surface area (Å²) in [5.41, 5.74) is 2.41. The molecule has 1 N–H and O–H groups in total. The van der Waals surface area contributed by atoms with Crippen LogP contribution in [-0.2, 0) is 11.3 Å². The third-order valence-corrected chi connectivity index (χ3v) is 4.44. The summed E-state index contributed by atoms with van der Waals surface area (Å²) in [7, 11) is 3.97. The topological polar surface area (TPSA) is 67.5 Å². The Hall–Kier alpha value is -2.86. The minimum Gasteiger partial charge on any atom is -0.408 e. The zero-order valence-corrected chi connectivity index (χ0v) is 15.7. The zero-order valence-electron chi connectivity index (χ0n) is 15.7. The number of likely N-dealkylation sites (N-methyl/N-ethyl adjacent to an activating group) is 1. The molecule has 0 spiro atoms. The summed E-state index contributed by atoms with van der Waals surface area (Å²) in [5, 5.41) is 3.11. The van der Waals surface area contributed by atoms with Crippen molar-refractivity contribution in [2.45, 2.75) is 25.4 Å². The molecule has 0 aliphatic carbocycles. The van der Waals surface area contributed by atoms with E-state index in [4.69, 9.17) is 4.42 Å². The van der Waals surface area contributed by atoms with Gasteiger partial charge in [-0.15, -0.1) is 0 Å². The van der Waals surface area contributed by atoms with Crippen molar-refractivity contribution in [3.8, 4) is 0 Å². The first-order valence-electron chi connectivity index (χ1n) is 9.12. The predicted molar refractivity (Wildman–Crippen MR) is 106 cm³/mol. The maximum atomic E-state index is 12.4. The van der Waals surface area contributed by atoms with E-state index in [-0.39, 0.29) is 17.7 Å². The number of amides is 1. The van der Waals surface area contributed by atoms with E-state index in [1.54, 1.807) is 10.6 Å². The fraction of sp³-hybridized carbons (Fsp3) is 0.333. The first-order valence-corrected chi connectivity index (χ1v) is 9.12. The minimum absolute atomic E-state index is 0.0217. The van der Waals surface area contributed by atoms with Gasteiger partial charge in [0.1, 0.15) is 0 Å². The molecule has 1 amide bonds. The normalized spacial score (nSPS) is 12.4. The summed E-state index contributed by atoms with van der Waals surface area (Å²) in [6.45, 7) is 1.18. The van der Waals surface area contributed by atoms with Gasteiger partial charge in [0.05, 0.1) is 11.6 Å². The second-order valence-corrected chi connectivity index (χ2v) is 6.88. The second kappa shape index (κ2) is 8.68. The van der Waals surface area contributed by atoms with Gasteiger partial charge in [-0.2, -0.15) is 0 Å². The first kappa shape index (κ1) is 18.9. The number of aromatic nitrogens is 1. The lowest BCUT2D eigenvalue weighted by Gasteiger charge is -2.23. The van der Waals surface area contributed by atoms with Crippen LogP contribution in [0.4, 0.5) is 0 Å². The molecule has 27 heavy (non-hydrogen) atoms. The van der Waals surface area contributed by atoms with Gasteiger partial charge in [-0.25, -0.2) is 4.79 Å². The maximum absolute atomic E-state index is 12.4. The van der Waals surface area contributed by atoms with Crippen molar-refractivity contribution in [2.24, 2.45) is 0 Å². The molecule has 0 bridgehead atoms. The molecular weight excluding hydrogens is 342 g/mol. The number of benzene rings is 2. The summed E-state index contributed by atoms with van der Waals surface area (Å²) in [4.78, 5) is 26.5. The highest BCUT2D eigenvalue weighted by molar-refractivity contribution is 5.76. The molecule has 0 aliphatic heterocycles. The van der Waals surface area contributed by atoms with Gasteiger partial charge in [0.25, 0.3) is 0 Å². The van der Waals surface area contributed by atoms with Crippen LogP contribution < -0.4 is 11.1 Å². The van der Waals surface area contributed by atoms with Gasteiger partial charge in [-0.05, 0) is 38.2 Å². The van der Waals surface area contributed by atoms with E-state index < -0.39 is 0 Å². The van der Waals surface area contributed by atoms with Crippen LogP contribution in [0.3, 0.4) is 0 Å². The van der Waals surface area contributed by atoms with E-state index >= 15 is 0 Å². The summed E-state index contributed by atoms with van der Waals surface area (Å²) >= 11 is 0. The van der Waals surface area contributed by atoms with Crippen LogP contribution in [0, 0.1) is 0 Å². The molecule has 1 heterocycles. The van der Waals surface area contributed by atoms with Gasteiger partial charge in [0, 0.05) is 19.5 Å². The van der Waals surface area contributed by atoms with Crippen molar-refractivity contribution in [1.82, 2.24) is 14.8 Å². The third kappa shape index (κ3) is 4.86. The standard InChI is InChI=1S/C21H25N3O3/c1-23(2)15-17(16-9-4-3-5-10-16)22-20(25)13-8-14-24-18-11-6-7-12-19(18)27-21(24)26/h3-7,9-12,17H,8,13-15H2,1-2H3,(H,22,25)/t17-/m0/s1. The average Bonchev–Trinajstić information content (AvgIpc) is 2.97. The molecule has 3 aromatic rings. The first-order chi connectivity index (χ1) is 13.0. The summed E-state index contributed by atoms with van der Waals surface area (Å²) in [6.07, 6.45) is 0.918. The highest BCUT2D eigenvalue weighted by Gasteiger charge is 2.15. The van der Waals surface area contributed by atoms with Crippen LogP contribution in [0.2, 0.25) is 0 Å². The molecule has 0 radical (unpaired) electrons. The Labute approximate surface area is 158 Å². The van der Waals surface area contributed by atoms with Gasteiger partial charge in [-0.1, -0.05) is 42.5 Å². The molecule has 0 unspecified atom stereocenters. The van der Waals surface area contributed by atoms with E-state index in [0.29, 0.717) is 25.0 Å². The lowest BCUT2D eigenvalue weighted by Crippen LogP contribution is -2.35. The Morgan fingerprint density at radius 3 is 2.56 bits per heavy atom.